The van der Waals surface area contributed by atoms with E-state index < -0.39 is 0 Å². The zero-order valence-corrected chi connectivity index (χ0v) is 13.9. The molecule has 0 aliphatic carbocycles. The van der Waals surface area contributed by atoms with Gasteiger partial charge in [-0.15, -0.1) is 0 Å². The van der Waals surface area contributed by atoms with E-state index >= 15 is 0 Å². The van der Waals surface area contributed by atoms with Crippen molar-refractivity contribution in [1.29, 1.82) is 0 Å². The molecule has 2 N–H and O–H groups in total. The molecule has 2 heterocycles. The van der Waals surface area contributed by atoms with E-state index in [1.165, 1.54) is 5.56 Å². The molecule has 24 heavy (non-hydrogen) atoms. The molecular formula is C18H23N3O3. The molecule has 0 spiro atoms. The van der Waals surface area contributed by atoms with Crippen molar-refractivity contribution in [3.8, 4) is 11.5 Å². The van der Waals surface area contributed by atoms with E-state index in [0.717, 1.165) is 36.3 Å². The SMILES string of the molecule is COc1ccc2c(c1)OCC(CNC(=O)CCCc1cn[nH]c1)C2. The molecular weight excluding hydrogens is 306 g/mol. The van der Waals surface area contributed by atoms with Crippen molar-refractivity contribution < 1.29 is 14.3 Å². The summed E-state index contributed by atoms with van der Waals surface area (Å²) in [6, 6.07) is 5.89. The van der Waals surface area contributed by atoms with E-state index in [2.05, 4.69) is 15.5 Å². The number of fused-ring (bicyclic) bond motifs is 1. The summed E-state index contributed by atoms with van der Waals surface area (Å²) in [4.78, 5) is 12.0. The van der Waals surface area contributed by atoms with Crippen molar-refractivity contribution in [2.45, 2.75) is 25.7 Å². The largest absolute Gasteiger partial charge is 0.497 e. The topological polar surface area (TPSA) is 76.2 Å². The zero-order valence-electron chi connectivity index (χ0n) is 13.9. The van der Waals surface area contributed by atoms with Gasteiger partial charge in [-0.25, -0.2) is 0 Å². The Labute approximate surface area is 141 Å². The van der Waals surface area contributed by atoms with Gasteiger partial charge in [0.1, 0.15) is 11.5 Å². The molecule has 1 aromatic heterocycles. The number of methoxy groups -OCH3 is 1. The lowest BCUT2D eigenvalue weighted by molar-refractivity contribution is -0.121. The lowest BCUT2D eigenvalue weighted by Gasteiger charge is -2.25. The molecule has 128 valence electrons. The first kappa shape index (κ1) is 16.4. The quantitative estimate of drug-likeness (QED) is 0.816. The van der Waals surface area contributed by atoms with Crippen LogP contribution in [0.3, 0.4) is 0 Å². The van der Waals surface area contributed by atoms with Crippen molar-refractivity contribution >= 4 is 5.91 Å². The van der Waals surface area contributed by atoms with E-state index in [0.29, 0.717) is 25.5 Å². The van der Waals surface area contributed by atoms with Crippen LogP contribution in [0.1, 0.15) is 24.0 Å². The van der Waals surface area contributed by atoms with Crippen LogP contribution in [0.15, 0.2) is 30.6 Å². The molecule has 1 aliphatic rings. The first-order valence-electron chi connectivity index (χ1n) is 8.28. The van der Waals surface area contributed by atoms with Gasteiger partial charge in [0, 0.05) is 31.1 Å². The van der Waals surface area contributed by atoms with Gasteiger partial charge >= 0.3 is 0 Å². The maximum absolute atomic E-state index is 12.0. The average Bonchev–Trinajstić information content (AvgIpc) is 3.12. The van der Waals surface area contributed by atoms with Gasteiger partial charge in [-0.2, -0.15) is 5.10 Å². The standard InChI is InChI=1S/C18H23N3O3/c1-23-16-6-5-15-7-14(12-24-17(15)8-16)9-19-18(22)4-2-3-13-10-20-21-11-13/h5-6,8,10-11,14H,2-4,7,9,12H2,1H3,(H,19,22)(H,20,21). The molecule has 0 bridgehead atoms. The van der Waals surface area contributed by atoms with Crippen LogP contribution in [0.5, 0.6) is 11.5 Å². The number of hydrogen-bond donors (Lipinski definition) is 2. The highest BCUT2D eigenvalue weighted by atomic mass is 16.5. The minimum atomic E-state index is 0.0963. The molecule has 0 radical (unpaired) electrons. The van der Waals surface area contributed by atoms with Crippen molar-refractivity contribution in [2.24, 2.45) is 5.92 Å². The number of carbonyl (C=O) groups excluding carboxylic acids is 1. The lowest BCUT2D eigenvalue weighted by atomic mass is 9.96. The second-order valence-corrected chi connectivity index (χ2v) is 6.12. The van der Waals surface area contributed by atoms with Gasteiger partial charge in [0.2, 0.25) is 5.91 Å². The summed E-state index contributed by atoms with van der Waals surface area (Å²) in [7, 11) is 1.65. The Morgan fingerprint density at radius 1 is 1.50 bits per heavy atom. The Hall–Kier alpha value is -2.50. The molecule has 0 saturated carbocycles. The van der Waals surface area contributed by atoms with Gasteiger partial charge in [0.25, 0.3) is 0 Å². The highest BCUT2D eigenvalue weighted by Gasteiger charge is 2.20. The van der Waals surface area contributed by atoms with Crippen LogP contribution in [0.2, 0.25) is 0 Å². The molecule has 6 heteroatoms. The molecule has 1 atom stereocenters. The van der Waals surface area contributed by atoms with Crippen LogP contribution in [-0.2, 0) is 17.6 Å². The second kappa shape index (κ2) is 7.86. The summed E-state index contributed by atoms with van der Waals surface area (Å²) >= 11 is 0. The molecule has 1 aliphatic heterocycles. The maximum Gasteiger partial charge on any atom is 0.220 e. The number of H-pyrrole nitrogens is 1. The molecule has 6 nitrogen and oxygen atoms in total. The molecule has 0 saturated heterocycles. The molecule has 0 fully saturated rings. The number of aromatic nitrogens is 2. The lowest BCUT2D eigenvalue weighted by Crippen LogP contribution is -2.34. The first-order valence-corrected chi connectivity index (χ1v) is 8.28. The van der Waals surface area contributed by atoms with Gasteiger partial charge in [-0.05, 0) is 36.5 Å². The van der Waals surface area contributed by atoms with Gasteiger partial charge < -0.3 is 14.8 Å². The number of aryl methyl sites for hydroxylation is 1. The molecule has 1 aromatic carbocycles. The van der Waals surface area contributed by atoms with Gasteiger partial charge in [-0.3, -0.25) is 9.89 Å². The van der Waals surface area contributed by atoms with Crippen molar-refractivity contribution in [2.75, 3.05) is 20.3 Å². The second-order valence-electron chi connectivity index (χ2n) is 6.12. The van der Waals surface area contributed by atoms with Crippen molar-refractivity contribution in [3.63, 3.8) is 0 Å². The molecule has 1 amide bonds. The predicted molar refractivity (Wildman–Crippen MR) is 90.2 cm³/mol. The highest BCUT2D eigenvalue weighted by Crippen LogP contribution is 2.30. The molecule has 1 unspecified atom stereocenters. The Morgan fingerprint density at radius 2 is 2.42 bits per heavy atom. The predicted octanol–water partition coefficient (Wildman–Crippen LogP) is 2.11. The van der Waals surface area contributed by atoms with E-state index in [-0.39, 0.29) is 5.91 Å². The fraction of sp³-hybridized carbons (Fsp3) is 0.444. The van der Waals surface area contributed by atoms with E-state index in [1.807, 2.05) is 24.4 Å². The Balaban J connectivity index is 1.39. The third-order valence-corrected chi connectivity index (χ3v) is 4.27. The van der Waals surface area contributed by atoms with Gasteiger partial charge in [-0.1, -0.05) is 6.07 Å². The summed E-state index contributed by atoms with van der Waals surface area (Å²) in [6.45, 7) is 1.27. The number of rotatable bonds is 7. The number of carbonyl (C=O) groups is 1. The van der Waals surface area contributed by atoms with Crippen LogP contribution < -0.4 is 14.8 Å². The van der Waals surface area contributed by atoms with Gasteiger partial charge in [0.15, 0.2) is 0 Å². The highest BCUT2D eigenvalue weighted by molar-refractivity contribution is 5.75. The minimum Gasteiger partial charge on any atom is -0.497 e. The Bertz CT molecular complexity index is 670. The average molecular weight is 329 g/mol. The third kappa shape index (κ3) is 4.28. The Kier molecular flexibility index (Phi) is 5.36. The molecule has 2 aromatic rings. The number of benzene rings is 1. The summed E-state index contributed by atoms with van der Waals surface area (Å²) < 4.78 is 11.0. The zero-order chi connectivity index (χ0) is 16.8. The summed E-state index contributed by atoms with van der Waals surface area (Å²) in [6.07, 6.45) is 6.80. The van der Waals surface area contributed by atoms with E-state index in [9.17, 15) is 4.79 Å². The summed E-state index contributed by atoms with van der Waals surface area (Å²) in [5.74, 6) is 2.10. The van der Waals surface area contributed by atoms with Crippen molar-refractivity contribution in [3.05, 3.63) is 41.7 Å². The fourth-order valence-corrected chi connectivity index (χ4v) is 2.89. The molecule has 3 rings (SSSR count). The number of amides is 1. The van der Waals surface area contributed by atoms with Crippen LogP contribution in [0.25, 0.3) is 0 Å². The summed E-state index contributed by atoms with van der Waals surface area (Å²) in [5, 5.41) is 9.70. The minimum absolute atomic E-state index is 0.0963. The van der Waals surface area contributed by atoms with Gasteiger partial charge in [0.05, 0.1) is 19.9 Å². The normalized spacial score (nSPS) is 16.1. The van der Waals surface area contributed by atoms with Crippen LogP contribution in [-0.4, -0.2) is 36.4 Å². The first-order chi connectivity index (χ1) is 11.7. The number of nitrogens with one attached hydrogen (secondary N) is 2. The third-order valence-electron chi connectivity index (χ3n) is 4.27. The maximum atomic E-state index is 12.0. The van der Waals surface area contributed by atoms with Crippen LogP contribution in [0, 0.1) is 5.92 Å². The number of ether oxygens (including phenoxy) is 2. The van der Waals surface area contributed by atoms with Crippen LogP contribution >= 0.6 is 0 Å². The van der Waals surface area contributed by atoms with E-state index in [1.54, 1.807) is 13.3 Å². The smallest absolute Gasteiger partial charge is 0.220 e. The Morgan fingerprint density at radius 3 is 3.21 bits per heavy atom. The summed E-state index contributed by atoms with van der Waals surface area (Å²) in [5.41, 5.74) is 2.30. The van der Waals surface area contributed by atoms with Crippen molar-refractivity contribution in [1.82, 2.24) is 15.5 Å². The number of aromatic amines is 1. The fourth-order valence-electron chi connectivity index (χ4n) is 2.89. The van der Waals surface area contributed by atoms with E-state index in [4.69, 9.17) is 9.47 Å². The number of nitrogens with zero attached hydrogens (tertiary/aromatic N) is 1. The monoisotopic (exact) mass is 329 g/mol. The van der Waals surface area contributed by atoms with Crippen LogP contribution in [0.4, 0.5) is 0 Å². The number of hydrogen-bond acceptors (Lipinski definition) is 4.